The van der Waals surface area contributed by atoms with E-state index in [4.69, 9.17) is 24.4 Å². The lowest BCUT2D eigenvalue weighted by atomic mass is 10.1. The fourth-order valence-electron chi connectivity index (χ4n) is 4.37. The van der Waals surface area contributed by atoms with Crippen molar-refractivity contribution in [1.82, 2.24) is 19.6 Å². The first-order valence-corrected chi connectivity index (χ1v) is 16.0. The van der Waals surface area contributed by atoms with Crippen molar-refractivity contribution in [3.05, 3.63) is 9.81 Å². The molecule has 2 aliphatic heterocycles. The number of hydrogen-bond acceptors (Lipinski definition) is 8. The van der Waals surface area contributed by atoms with Crippen LogP contribution in [0.25, 0.3) is 0 Å². The van der Waals surface area contributed by atoms with E-state index in [1.54, 1.807) is 9.80 Å². The molecule has 8 nitrogen and oxygen atoms in total. The number of thiocarbonyl (C=S) groups is 2. The minimum Gasteiger partial charge on any atom is -0.343 e. The molecule has 0 bridgehead atoms. The standard InChI is InChI=1S/C26H40N4O4S4/c1-5-27(6-2)19(31)15-11-9-13-17-29-23(33)21(37-25(29)35)22-24(34)30(26(36)38-22)18-14-10-12-16-20(32)28(7-3)8-4/h5-18H2,1-4H3. The van der Waals surface area contributed by atoms with Crippen LogP contribution in [0, 0.1) is 0 Å². The average Bonchev–Trinajstić information content (AvgIpc) is 3.33. The first-order chi connectivity index (χ1) is 18.2. The van der Waals surface area contributed by atoms with E-state index in [1.807, 2.05) is 37.5 Å². The van der Waals surface area contributed by atoms with Crippen LogP contribution in [0.3, 0.4) is 0 Å². The molecule has 0 radical (unpaired) electrons. The van der Waals surface area contributed by atoms with Crippen molar-refractivity contribution in [1.29, 1.82) is 0 Å². The van der Waals surface area contributed by atoms with Gasteiger partial charge in [-0.05, 0) is 53.4 Å². The molecule has 2 rings (SSSR count). The van der Waals surface area contributed by atoms with Crippen molar-refractivity contribution in [3.63, 3.8) is 0 Å². The molecule has 0 saturated carbocycles. The van der Waals surface area contributed by atoms with Crippen LogP contribution in [0.4, 0.5) is 0 Å². The summed E-state index contributed by atoms with van der Waals surface area (Å²) in [6.45, 7) is 11.7. The molecule has 2 aliphatic rings. The first-order valence-electron chi connectivity index (χ1n) is 13.6. The molecule has 0 aromatic heterocycles. The smallest absolute Gasteiger partial charge is 0.267 e. The van der Waals surface area contributed by atoms with Crippen LogP contribution in [-0.2, 0) is 19.2 Å². The zero-order chi connectivity index (χ0) is 28.2. The van der Waals surface area contributed by atoms with E-state index < -0.39 is 0 Å². The Hall–Kier alpha value is -1.50. The van der Waals surface area contributed by atoms with Gasteiger partial charge in [-0.15, -0.1) is 0 Å². The van der Waals surface area contributed by atoms with Crippen LogP contribution in [0.5, 0.6) is 0 Å². The van der Waals surface area contributed by atoms with Gasteiger partial charge in [0.2, 0.25) is 11.8 Å². The minimum atomic E-state index is -0.241. The van der Waals surface area contributed by atoms with E-state index in [9.17, 15) is 19.2 Å². The molecular weight excluding hydrogens is 561 g/mol. The van der Waals surface area contributed by atoms with Crippen LogP contribution >= 0.6 is 48.0 Å². The second-order valence-electron chi connectivity index (χ2n) is 9.06. The van der Waals surface area contributed by atoms with Gasteiger partial charge in [-0.3, -0.25) is 29.0 Å². The highest BCUT2D eigenvalue weighted by Gasteiger charge is 2.41. The summed E-state index contributed by atoms with van der Waals surface area (Å²) in [5, 5.41) is 0. The molecule has 0 aromatic rings. The summed E-state index contributed by atoms with van der Waals surface area (Å²) in [6.07, 6.45) is 5.68. The SMILES string of the molecule is CCN(CC)C(=O)CCCCCN1C(=O)C(=C2SC(=S)N(CCCCCC(=O)N(CC)CC)C2=O)SC1=S. The van der Waals surface area contributed by atoms with Crippen LogP contribution in [0.1, 0.15) is 79.1 Å². The molecule has 0 aliphatic carbocycles. The number of carbonyl (C=O) groups excluding carboxylic acids is 4. The summed E-state index contributed by atoms with van der Waals surface area (Å²) in [5.41, 5.74) is 0. The van der Waals surface area contributed by atoms with Crippen molar-refractivity contribution < 1.29 is 19.2 Å². The molecule has 2 fully saturated rings. The van der Waals surface area contributed by atoms with Crippen molar-refractivity contribution in [2.75, 3.05) is 39.3 Å². The molecule has 0 spiro atoms. The van der Waals surface area contributed by atoms with Crippen molar-refractivity contribution in [2.45, 2.75) is 79.1 Å². The molecular formula is C26H40N4O4S4. The molecule has 12 heteroatoms. The van der Waals surface area contributed by atoms with Gasteiger partial charge < -0.3 is 9.80 Å². The summed E-state index contributed by atoms with van der Waals surface area (Å²) >= 11 is 13.2. The Morgan fingerprint density at radius 3 is 1.29 bits per heavy atom. The van der Waals surface area contributed by atoms with E-state index in [2.05, 4.69) is 0 Å². The van der Waals surface area contributed by atoms with E-state index in [0.29, 0.717) is 44.4 Å². The maximum absolute atomic E-state index is 13.1. The Kier molecular flexibility index (Phi) is 14.3. The lowest BCUT2D eigenvalue weighted by molar-refractivity contribution is -0.131. The topological polar surface area (TPSA) is 81.2 Å². The second kappa shape index (κ2) is 16.6. The Balaban J connectivity index is 1.83. The van der Waals surface area contributed by atoms with E-state index in [1.165, 1.54) is 0 Å². The Labute approximate surface area is 246 Å². The van der Waals surface area contributed by atoms with E-state index in [-0.39, 0.29) is 23.6 Å². The van der Waals surface area contributed by atoms with Gasteiger partial charge >= 0.3 is 0 Å². The number of hydrogen-bond donors (Lipinski definition) is 0. The zero-order valence-corrected chi connectivity index (χ0v) is 26.2. The fourth-order valence-corrected chi connectivity index (χ4v) is 7.14. The third-order valence-corrected chi connectivity index (χ3v) is 9.71. The van der Waals surface area contributed by atoms with Gasteiger partial charge in [0, 0.05) is 52.1 Å². The summed E-state index contributed by atoms with van der Waals surface area (Å²) < 4.78 is 0.903. The number of unbranched alkanes of at least 4 members (excludes halogenated alkanes) is 4. The van der Waals surface area contributed by atoms with Gasteiger partial charge in [0.15, 0.2) is 0 Å². The number of carbonyl (C=O) groups is 4. The van der Waals surface area contributed by atoms with Gasteiger partial charge in [-0.2, -0.15) is 0 Å². The first kappa shape index (κ1) is 32.7. The molecule has 2 saturated heterocycles. The Bertz CT molecular complexity index is 874. The monoisotopic (exact) mass is 600 g/mol. The Morgan fingerprint density at radius 2 is 0.974 bits per heavy atom. The lowest BCUT2D eigenvalue weighted by Gasteiger charge is -2.18. The van der Waals surface area contributed by atoms with Crippen molar-refractivity contribution >= 4 is 80.2 Å². The second-order valence-corrected chi connectivity index (χ2v) is 12.3. The predicted molar refractivity (Wildman–Crippen MR) is 164 cm³/mol. The van der Waals surface area contributed by atoms with Gasteiger partial charge in [0.25, 0.3) is 11.8 Å². The maximum Gasteiger partial charge on any atom is 0.267 e. The number of amides is 4. The van der Waals surface area contributed by atoms with Crippen LogP contribution < -0.4 is 0 Å². The van der Waals surface area contributed by atoms with Gasteiger partial charge in [-0.25, -0.2) is 0 Å². The summed E-state index contributed by atoms with van der Waals surface area (Å²) in [4.78, 5) is 58.0. The molecule has 0 aromatic carbocycles. The zero-order valence-electron chi connectivity index (χ0n) is 23.0. The molecule has 38 heavy (non-hydrogen) atoms. The van der Waals surface area contributed by atoms with Crippen molar-refractivity contribution in [3.8, 4) is 0 Å². The largest absolute Gasteiger partial charge is 0.343 e. The molecule has 0 atom stereocenters. The highest BCUT2D eigenvalue weighted by atomic mass is 32.2. The van der Waals surface area contributed by atoms with E-state index in [0.717, 1.165) is 88.2 Å². The van der Waals surface area contributed by atoms with Crippen LogP contribution in [0.15, 0.2) is 9.81 Å². The third kappa shape index (κ3) is 8.76. The van der Waals surface area contributed by atoms with Gasteiger partial charge in [-0.1, -0.05) is 60.8 Å². The molecule has 4 amide bonds. The third-order valence-electron chi connectivity index (χ3n) is 6.68. The molecule has 212 valence electrons. The molecule has 0 unspecified atom stereocenters. The number of rotatable bonds is 16. The lowest BCUT2D eigenvalue weighted by Crippen LogP contribution is -2.31. The van der Waals surface area contributed by atoms with Crippen LogP contribution in [0.2, 0.25) is 0 Å². The number of thioether (sulfide) groups is 2. The highest BCUT2D eigenvalue weighted by molar-refractivity contribution is 8.29. The van der Waals surface area contributed by atoms with Crippen LogP contribution in [-0.4, -0.2) is 91.1 Å². The van der Waals surface area contributed by atoms with Gasteiger partial charge in [0.05, 0.1) is 9.81 Å². The summed E-state index contributed by atoms with van der Waals surface area (Å²) in [7, 11) is 0. The quantitative estimate of drug-likeness (QED) is 0.142. The summed E-state index contributed by atoms with van der Waals surface area (Å²) in [6, 6.07) is 0. The number of nitrogens with zero attached hydrogens (tertiary/aromatic N) is 4. The van der Waals surface area contributed by atoms with E-state index >= 15 is 0 Å². The summed E-state index contributed by atoms with van der Waals surface area (Å²) in [5.74, 6) is -0.157. The average molecular weight is 601 g/mol. The van der Waals surface area contributed by atoms with Gasteiger partial charge in [0.1, 0.15) is 8.64 Å². The fraction of sp³-hybridized carbons (Fsp3) is 0.692. The van der Waals surface area contributed by atoms with Crippen molar-refractivity contribution in [2.24, 2.45) is 0 Å². The maximum atomic E-state index is 13.1. The molecule has 0 N–H and O–H groups in total. The predicted octanol–water partition coefficient (Wildman–Crippen LogP) is 4.78. The normalized spacial score (nSPS) is 17.7. The highest BCUT2D eigenvalue weighted by Crippen LogP contribution is 2.42. The Morgan fingerprint density at radius 1 is 0.632 bits per heavy atom. The molecule has 2 heterocycles. The minimum absolute atomic E-state index is 0.163.